The number of nitrogens with zero attached hydrogens (tertiary/aromatic N) is 1. The van der Waals surface area contributed by atoms with E-state index in [1.165, 1.54) is 0 Å². The molecule has 0 amide bonds. The SMILES string of the molecule is COc1ccc2c(c1)OC/C(=C\c1ccccn1)C2=O. The van der Waals surface area contributed by atoms with Crippen LogP contribution in [0.1, 0.15) is 16.1 Å². The van der Waals surface area contributed by atoms with Crippen molar-refractivity contribution in [2.24, 2.45) is 0 Å². The van der Waals surface area contributed by atoms with Gasteiger partial charge < -0.3 is 9.47 Å². The second-order valence-electron chi connectivity index (χ2n) is 4.40. The third-order valence-corrected chi connectivity index (χ3v) is 3.12. The molecule has 0 spiro atoms. The summed E-state index contributed by atoms with van der Waals surface area (Å²) in [6.45, 7) is 0.246. The Hall–Kier alpha value is -2.62. The Morgan fingerprint density at radius 1 is 1.30 bits per heavy atom. The first kappa shape index (κ1) is 12.4. The summed E-state index contributed by atoms with van der Waals surface area (Å²) in [5, 5.41) is 0. The highest BCUT2D eigenvalue weighted by molar-refractivity contribution is 6.14. The van der Waals surface area contributed by atoms with Crippen LogP contribution in [0.2, 0.25) is 0 Å². The minimum absolute atomic E-state index is 0.0282. The van der Waals surface area contributed by atoms with Crippen molar-refractivity contribution in [2.45, 2.75) is 0 Å². The van der Waals surface area contributed by atoms with Gasteiger partial charge in [0.25, 0.3) is 0 Å². The van der Waals surface area contributed by atoms with E-state index < -0.39 is 0 Å². The summed E-state index contributed by atoms with van der Waals surface area (Å²) in [5.74, 6) is 1.21. The molecule has 0 saturated carbocycles. The van der Waals surface area contributed by atoms with Crippen LogP contribution in [-0.2, 0) is 0 Å². The lowest BCUT2D eigenvalue weighted by Crippen LogP contribution is -2.19. The normalized spacial score (nSPS) is 15.7. The van der Waals surface area contributed by atoms with E-state index in [-0.39, 0.29) is 12.4 Å². The highest BCUT2D eigenvalue weighted by atomic mass is 16.5. The Morgan fingerprint density at radius 3 is 2.95 bits per heavy atom. The van der Waals surface area contributed by atoms with E-state index in [2.05, 4.69) is 4.98 Å². The van der Waals surface area contributed by atoms with E-state index >= 15 is 0 Å². The first-order valence-electron chi connectivity index (χ1n) is 6.25. The smallest absolute Gasteiger partial charge is 0.196 e. The molecule has 0 N–H and O–H groups in total. The molecule has 100 valence electrons. The zero-order valence-corrected chi connectivity index (χ0v) is 11.0. The van der Waals surface area contributed by atoms with Gasteiger partial charge in [-0.25, -0.2) is 0 Å². The summed E-state index contributed by atoms with van der Waals surface area (Å²) in [6.07, 6.45) is 3.45. The first-order valence-corrected chi connectivity index (χ1v) is 6.25. The predicted octanol–water partition coefficient (Wildman–Crippen LogP) is 2.75. The molecule has 2 heterocycles. The number of carbonyl (C=O) groups is 1. The third kappa shape index (κ3) is 2.28. The molecular formula is C16H13NO3. The van der Waals surface area contributed by atoms with Crippen LogP contribution in [-0.4, -0.2) is 24.5 Å². The molecule has 0 bridgehead atoms. The highest BCUT2D eigenvalue weighted by Crippen LogP contribution is 2.31. The topological polar surface area (TPSA) is 48.4 Å². The molecule has 1 aliphatic rings. The van der Waals surface area contributed by atoms with Gasteiger partial charge in [-0.05, 0) is 30.3 Å². The largest absolute Gasteiger partial charge is 0.497 e. The number of hydrogen-bond donors (Lipinski definition) is 0. The van der Waals surface area contributed by atoms with Crippen LogP contribution in [0.3, 0.4) is 0 Å². The Labute approximate surface area is 116 Å². The zero-order valence-electron chi connectivity index (χ0n) is 11.0. The number of hydrogen-bond acceptors (Lipinski definition) is 4. The molecule has 1 aliphatic heterocycles. The van der Waals surface area contributed by atoms with E-state index in [4.69, 9.17) is 9.47 Å². The van der Waals surface area contributed by atoms with Gasteiger partial charge >= 0.3 is 0 Å². The molecule has 1 aromatic heterocycles. The third-order valence-electron chi connectivity index (χ3n) is 3.12. The number of Topliss-reactive ketones (excluding diaryl/α,β-unsaturated/α-hetero) is 1. The van der Waals surface area contributed by atoms with Gasteiger partial charge in [0.1, 0.15) is 18.1 Å². The van der Waals surface area contributed by atoms with E-state index in [0.29, 0.717) is 22.6 Å². The molecule has 0 atom stereocenters. The van der Waals surface area contributed by atoms with Crippen molar-refractivity contribution in [1.82, 2.24) is 4.98 Å². The maximum absolute atomic E-state index is 12.4. The van der Waals surface area contributed by atoms with Crippen LogP contribution in [0.25, 0.3) is 6.08 Å². The van der Waals surface area contributed by atoms with Crippen LogP contribution in [0.4, 0.5) is 0 Å². The standard InChI is InChI=1S/C16H13NO3/c1-19-13-5-6-14-15(9-13)20-10-11(16(14)18)8-12-4-2-3-7-17-12/h2-9H,10H2,1H3/b11-8+. The van der Waals surface area contributed by atoms with Crippen molar-refractivity contribution < 1.29 is 14.3 Å². The molecule has 20 heavy (non-hydrogen) atoms. The lowest BCUT2D eigenvalue weighted by atomic mass is 9.99. The van der Waals surface area contributed by atoms with Gasteiger partial charge in [0.2, 0.25) is 0 Å². The zero-order chi connectivity index (χ0) is 13.9. The summed E-state index contributed by atoms with van der Waals surface area (Å²) in [5.41, 5.74) is 1.90. The minimum atomic E-state index is -0.0282. The second kappa shape index (κ2) is 5.17. The molecule has 0 radical (unpaired) electrons. The van der Waals surface area contributed by atoms with Crippen LogP contribution in [0, 0.1) is 0 Å². The Morgan fingerprint density at radius 2 is 2.20 bits per heavy atom. The number of aromatic nitrogens is 1. The monoisotopic (exact) mass is 267 g/mol. The number of benzene rings is 1. The second-order valence-corrected chi connectivity index (χ2v) is 4.40. The number of methoxy groups -OCH3 is 1. The lowest BCUT2D eigenvalue weighted by Gasteiger charge is -2.19. The molecular weight excluding hydrogens is 254 g/mol. The summed E-state index contributed by atoms with van der Waals surface area (Å²) in [6, 6.07) is 10.8. The van der Waals surface area contributed by atoms with Gasteiger partial charge in [-0.15, -0.1) is 0 Å². The molecule has 0 unspecified atom stereocenters. The van der Waals surface area contributed by atoms with Crippen molar-refractivity contribution >= 4 is 11.9 Å². The van der Waals surface area contributed by atoms with Crippen LogP contribution in [0.15, 0.2) is 48.2 Å². The molecule has 4 heteroatoms. The van der Waals surface area contributed by atoms with Crippen molar-refractivity contribution in [3.8, 4) is 11.5 Å². The fourth-order valence-electron chi connectivity index (χ4n) is 2.08. The maximum atomic E-state index is 12.4. The average molecular weight is 267 g/mol. The van der Waals surface area contributed by atoms with Gasteiger partial charge in [-0.3, -0.25) is 9.78 Å². The molecule has 0 fully saturated rings. The molecule has 2 aromatic rings. The van der Waals surface area contributed by atoms with Gasteiger partial charge in [-0.1, -0.05) is 6.07 Å². The number of rotatable bonds is 2. The van der Waals surface area contributed by atoms with Gasteiger partial charge in [0.05, 0.1) is 18.4 Å². The minimum Gasteiger partial charge on any atom is -0.497 e. The van der Waals surface area contributed by atoms with E-state index in [0.717, 1.165) is 5.69 Å². The van der Waals surface area contributed by atoms with Gasteiger partial charge in [0, 0.05) is 17.8 Å². The number of carbonyl (C=O) groups excluding carboxylic acids is 1. The van der Waals surface area contributed by atoms with Gasteiger partial charge in [0.15, 0.2) is 5.78 Å². The van der Waals surface area contributed by atoms with Crippen LogP contribution >= 0.6 is 0 Å². The molecule has 0 saturated heterocycles. The Balaban J connectivity index is 1.95. The van der Waals surface area contributed by atoms with Crippen LogP contribution in [0.5, 0.6) is 11.5 Å². The summed E-state index contributed by atoms with van der Waals surface area (Å²) in [4.78, 5) is 16.6. The highest BCUT2D eigenvalue weighted by Gasteiger charge is 2.23. The van der Waals surface area contributed by atoms with E-state index in [1.807, 2.05) is 18.2 Å². The van der Waals surface area contributed by atoms with E-state index in [9.17, 15) is 4.79 Å². The Kier molecular flexibility index (Phi) is 3.21. The van der Waals surface area contributed by atoms with Crippen LogP contribution < -0.4 is 9.47 Å². The Bertz CT molecular complexity index is 677. The molecule has 0 aliphatic carbocycles. The molecule has 1 aromatic carbocycles. The first-order chi connectivity index (χ1) is 9.78. The summed E-state index contributed by atoms with van der Waals surface area (Å²) >= 11 is 0. The average Bonchev–Trinajstić information content (AvgIpc) is 2.51. The van der Waals surface area contributed by atoms with Gasteiger partial charge in [-0.2, -0.15) is 0 Å². The number of ether oxygens (including phenoxy) is 2. The molecule has 3 rings (SSSR count). The van der Waals surface area contributed by atoms with Crippen molar-refractivity contribution in [3.05, 3.63) is 59.4 Å². The molecule has 4 nitrogen and oxygen atoms in total. The summed E-state index contributed by atoms with van der Waals surface area (Å²) < 4.78 is 10.7. The number of fused-ring (bicyclic) bond motifs is 1. The number of ketones is 1. The maximum Gasteiger partial charge on any atom is 0.196 e. The quantitative estimate of drug-likeness (QED) is 0.785. The fourth-order valence-corrected chi connectivity index (χ4v) is 2.08. The lowest BCUT2D eigenvalue weighted by molar-refractivity contribution is 0.100. The van der Waals surface area contributed by atoms with Crippen molar-refractivity contribution in [1.29, 1.82) is 0 Å². The fraction of sp³-hybridized carbons (Fsp3) is 0.125. The summed E-state index contributed by atoms with van der Waals surface area (Å²) in [7, 11) is 1.58. The van der Waals surface area contributed by atoms with E-state index in [1.54, 1.807) is 37.6 Å². The van der Waals surface area contributed by atoms with Crippen molar-refractivity contribution in [2.75, 3.05) is 13.7 Å². The van der Waals surface area contributed by atoms with Crippen molar-refractivity contribution in [3.63, 3.8) is 0 Å². The predicted molar refractivity (Wildman–Crippen MR) is 75.0 cm³/mol. The number of pyridine rings is 1.